The summed E-state index contributed by atoms with van der Waals surface area (Å²) in [4.78, 5) is 28.6. The Hall–Kier alpha value is -1.50. The highest BCUT2D eigenvalue weighted by Gasteiger charge is 2.29. The molecule has 0 saturated carbocycles. The van der Waals surface area contributed by atoms with Crippen LogP contribution in [0.2, 0.25) is 0 Å². The number of rotatable bonds is 2. The standard InChI is InChI=1S/C13H24N4O3/c1-2-20-13(19)17-5-3-11(4-6-17)15-7-9-16(10-8-15)12(14)18/h11H,2-10H2,1H3,(H2,14,18). The van der Waals surface area contributed by atoms with Crippen LogP contribution in [0, 0.1) is 0 Å². The summed E-state index contributed by atoms with van der Waals surface area (Å²) < 4.78 is 5.02. The molecule has 0 bridgehead atoms. The molecule has 0 spiro atoms. The fourth-order valence-electron chi connectivity index (χ4n) is 2.94. The number of hydrogen-bond acceptors (Lipinski definition) is 4. The Morgan fingerprint density at radius 2 is 1.65 bits per heavy atom. The third-order valence-corrected chi connectivity index (χ3v) is 4.13. The topological polar surface area (TPSA) is 79.1 Å². The molecule has 20 heavy (non-hydrogen) atoms. The molecule has 0 radical (unpaired) electrons. The van der Waals surface area contributed by atoms with Crippen LogP contribution in [0.15, 0.2) is 0 Å². The molecule has 3 amide bonds. The Labute approximate surface area is 119 Å². The Balaban J connectivity index is 1.75. The summed E-state index contributed by atoms with van der Waals surface area (Å²) in [6, 6.07) is 0.164. The number of likely N-dealkylation sites (tertiary alicyclic amines) is 1. The van der Waals surface area contributed by atoms with Crippen molar-refractivity contribution in [3.05, 3.63) is 0 Å². The number of nitrogens with zero attached hydrogens (tertiary/aromatic N) is 3. The van der Waals surface area contributed by atoms with Gasteiger partial charge in [-0.2, -0.15) is 0 Å². The van der Waals surface area contributed by atoms with Crippen molar-refractivity contribution in [2.45, 2.75) is 25.8 Å². The molecule has 114 valence electrons. The van der Waals surface area contributed by atoms with E-state index in [1.807, 2.05) is 6.92 Å². The third-order valence-electron chi connectivity index (χ3n) is 4.13. The van der Waals surface area contributed by atoms with Gasteiger partial charge in [-0.25, -0.2) is 9.59 Å². The summed E-state index contributed by atoms with van der Waals surface area (Å²) in [6.45, 7) is 6.89. The highest BCUT2D eigenvalue weighted by molar-refractivity contribution is 5.72. The first-order valence-corrected chi connectivity index (χ1v) is 7.32. The van der Waals surface area contributed by atoms with Crippen molar-refractivity contribution < 1.29 is 14.3 Å². The SMILES string of the molecule is CCOC(=O)N1CCC(N2CCN(C(N)=O)CC2)CC1. The average Bonchev–Trinajstić information content (AvgIpc) is 2.48. The minimum atomic E-state index is -0.332. The summed E-state index contributed by atoms with van der Waals surface area (Å²) in [5.41, 5.74) is 5.28. The van der Waals surface area contributed by atoms with Crippen LogP contribution < -0.4 is 5.73 Å². The Bertz CT molecular complexity index is 348. The maximum absolute atomic E-state index is 11.6. The lowest BCUT2D eigenvalue weighted by Gasteiger charge is -2.42. The van der Waals surface area contributed by atoms with E-state index in [4.69, 9.17) is 10.5 Å². The van der Waals surface area contributed by atoms with Crippen molar-refractivity contribution in [1.82, 2.24) is 14.7 Å². The second-order valence-corrected chi connectivity index (χ2v) is 5.28. The van der Waals surface area contributed by atoms with Gasteiger partial charge in [0.05, 0.1) is 6.61 Å². The lowest BCUT2D eigenvalue weighted by Crippen LogP contribution is -2.55. The van der Waals surface area contributed by atoms with E-state index in [1.165, 1.54) is 0 Å². The lowest BCUT2D eigenvalue weighted by atomic mass is 10.0. The maximum Gasteiger partial charge on any atom is 0.409 e. The van der Waals surface area contributed by atoms with Crippen molar-refractivity contribution in [3.63, 3.8) is 0 Å². The van der Waals surface area contributed by atoms with Gasteiger partial charge < -0.3 is 20.3 Å². The molecule has 2 aliphatic rings. The largest absolute Gasteiger partial charge is 0.450 e. The molecule has 2 heterocycles. The normalized spacial score (nSPS) is 21.9. The third kappa shape index (κ3) is 3.53. The first-order chi connectivity index (χ1) is 9.61. The molecule has 7 nitrogen and oxygen atoms in total. The van der Waals surface area contributed by atoms with Gasteiger partial charge in [0.25, 0.3) is 0 Å². The molecule has 2 N–H and O–H groups in total. The minimum absolute atomic E-state index is 0.204. The number of urea groups is 1. The quantitative estimate of drug-likeness (QED) is 0.791. The number of ether oxygens (including phenoxy) is 1. The first kappa shape index (κ1) is 14.9. The number of piperazine rings is 1. The van der Waals surface area contributed by atoms with E-state index in [0.717, 1.165) is 39.0 Å². The van der Waals surface area contributed by atoms with Crippen LogP contribution in [0.1, 0.15) is 19.8 Å². The molecule has 2 saturated heterocycles. The van der Waals surface area contributed by atoms with Gasteiger partial charge in [0.15, 0.2) is 0 Å². The highest BCUT2D eigenvalue weighted by atomic mass is 16.6. The van der Waals surface area contributed by atoms with Gasteiger partial charge in [-0.1, -0.05) is 0 Å². The van der Waals surface area contributed by atoms with E-state index >= 15 is 0 Å². The fourth-order valence-corrected chi connectivity index (χ4v) is 2.94. The zero-order valence-corrected chi connectivity index (χ0v) is 12.1. The van der Waals surface area contributed by atoms with Crippen molar-refractivity contribution in [3.8, 4) is 0 Å². The van der Waals surface area contributed by atoms with Gasteiger partial charge in [-0.05, 0) is 19.8 Å². The molecule has 0 aliphatic carbocycles. The van der Waals surface area contributed by atoms with Gasteiger partial charge in [0.1, 0.15) is 0 Å². The summed E-state index contributed by atoms with van der Waals surface area (Å²) in [7, 11) is 0. The number of nitrogens with two attached hydrogens (primary N) is 1. The highest BCUT2D eigenvalue weighted by Crippen LogP contribution is 2.18. The monoisotopic (exact) mass is 284 g/mol. The summed E-state index contributed by atoms with van der Waals surface area (Å²) in [6.07, 6.45) is 1.73. The van der Waals surface area contributed by atoms with Crippen molar-refractivity contribution in [2.24, 2.45) is 5.73 Å². The van der Waals surface area contributed by atoms with Gasteiger partial charge >= 0.3 is 12.1 Å². The van der Waals surface area contributed by atoms with E-state index in [2.05, 4.69) is 4.90 Å². The van der Waals surface area contributed by atoms with Gasteiger partial charge in [-0.3, -0.25) is 4.90 Å². The van der Waals surface area contributed by atoms with Gasteiger partial charge in [0, 0.05) is 45.3 Å². The smallest absolute Gasteiger partial charge is 0.409 e. The van der Waals surface area contributed by atoms with Crippen LogP contribution in [0.3, 0.4) is 0 Å². The molecule has 0 aromatic carbocycles. The molecular formula is C13H24N4O3. The number of carbonyl (C=O) groups excluding carboxylic acids is 2. The minimum Gasteiger partial charge on any atom is -0.450 e. The Morgan fingerprint density at radius 3 is 2.15 bits per heavy atom. The van der Waals surface area contributed by atoms with E-state index in [1.54, 1.807) is 9.80 Å². The first-order valence-electron chi connectivity index (χ1n) is 7.32. The molecule has 0 atom stereocenters. The molecule has 2 aliphatic heterocycles. The molecule has 2 fully saturated rings. The van der Waals surface area contributed by atoms with Crippen molar-refractivity contribution in [1.29, 1.82) is 0 Å². The number of piperidine rings is 1. The fraction of sp³-hybridized carbons (Fsp3) is 0.846. The number of primary amides is 1. The van der Waals surface area contributed by atoms with Crippen molar-refractivity contribution in [2.75, 3.05) is 45.9 Å². The molecule has 7 heteroatoms. The van der Waals surface area contributed by atoms with E-state index in [9.17, 15) is 9.59 Å². The predicted octanol–water partition coefficient (Wildman–Crippen LogP) is 0.304. The predicted molar refractivity (Wildman–Crippen MR) is 74.3 cm³/mol. The van der Waals surface area contributed by atoms with E-state index in [0.29, 0.717) is 25.7 Å². The van der Waals surface area contributed by atoms with Crippen LogP contribution in [0.25, 0.3) is 0 Å². The van der Waals surface area contributed by atoms with E-state index in [-0.39, 0.29) is 12.1 Å². The zero-order valence-electron chi connectivity index (χ0n) is 12.1. The number of carbonyl (C=O) groups is 2. The molecule has 0 aromatic heterocycles. The number of amides is 3. The van der Waals surface area contributed by atoms with Crippen LogP contribution in [-0.4, -0.2) is 78.7 Å². The Morgan fingerprint density at radius 1 is 1.05 bits per heavy atom. The van der Waals surface area contributed by atoms with Gasteiger partial charge in [0.2, 0.25) is 0 Å². The summed E-state index contributed by atoms with van der Waals surface area (Å²) >= 11 is 0. The van der Waals surface area contributed by atoms with Crippen LogP contribution >= 0.6 is 0 Å². The second kappa shape index (κ2) is 6.78. The molecule has 0 aromatic rings. The maximum atomic E-state index is 11.6. The van der Waals surface area contributed by atoms with E-state index < -0.39 is 0 Å². The van der Waals surface area contributed by atoms with Crippen LogP contribution in [0.4, 0.5) is 9.59 Å². The summed E-state index contributed by atoms with van der Waals surface area (Å²) in [5, 5.41) is 0. The Kier molecular flexibility index (Phi) is 5.05. The lowest BCUT2D eigenvalue weighted by molar-refractivity contribution is 0.0577. The molecule has 0 unspecified atom stereocenters. The average molecular weight is 284 g/mol. The summed E-state index contributed by atoms with van der Waals surface area (Å²) in [5.74, 6) is 0. The molecular weight excluding hydrogens is 260 g/mol. The second-order valence-electron chi connectivity index (χ2n) is 5.28. The molecule has 2 rings (SSSR count). The van der Waals surface area contributed by atoms with Gasteiger partial charge in [-0.15, -0.1) is 0 Å². The van der Waals surface area contributed by atoms with Crippen LogP contribution in [0.5, 0.6) is 0 Å². The zero-order chi connectivity index (χ0) is 14.5. The van der Waals surface area contributed by atoms with Crippen LogP contribution in [-0.2, 0) is 4.74 Å². The van der Waals surface area contributed by atoms with Crippen molar-refractivity contribution >= 4 is 12.1 Å². The number of hydrogen-bond donors (Lipinski definition) is 1.